The lowest BCUT2D eigenvalue weighted by Gasteiger charge is -2.22. The number of aliphatic hydroxyl groups is 1. The number of hydrogen-bond donors (Lipinski definition) is 2. The Labute approximate surface area is 87.1 Å². The molecule has 1 aliphatic carbocycles. The van der Waals surface area contributed by atoms with Crippen molar-refractivity contribution in [3.05, 3.63) is 0 Å². The summed E-state index contributed by atoms with van der Waals surface area (Å²) in [5, 5.41) is 13.3. The van der Waals surface area contributed by atoms with Gasteiger partial charge in [-0.2, -0.15) is 0 Å². The van der Waals surface area contributed by atoms with Gasteiger partial charge in [0.25, 0.3) is 0 Å². The van der Waals surface area contributed by atoms with E-state index >= 15 is 0 Å². The van der Waals surface area contributed by atoms with Gasteiger partial charge in [0.1, 0.15) is 0 Å². The molecule has 1 aliphatic rings. The van der Waals surface area contributed by atoms with Crippen molar-refractivity contribution >= 4 is 0 Å². The Morgan fingerprint density at radius 2 is 2.00 bits per heavy atom. The second kappa shape index (κ2) is 6.06. The molecule has 0 bridgehead atoms. The number of terminal acetylenes is 1. The minimum absolute atomic E-state index is 0.411. The molecule has 0 unspecified atom stereocenters. The Hall–Kier alpha value is -0.520. The summed E-state index contributed by atoms with van der Waals surface area (Å²) in [6.07, 6.45) is 12.5. The first kappa shape index (κ1) is 11.6. The van der Waals surface area contributed by atoms with Crippen LogP contribution in [0.3, 0.4) is 0 Å². The lowest BCUT2D eigenvalue weighted by Crippen LogP contribution is -2.38. The van der Waals surface area contributed by atoms with Gasteiger partial charge in [-0.1, -0.05) is 12.8 Å². The van der Waals surface area contributed by atoms with Gasteiger partial charge in [-0.3, -0.25) is 0 Å². The minimum Gasteiger partial charge on any atom is -0.389 e. The molecule has 0 aromatic heterocycles. The standard InChI is InChI=1S/C12H21NO/c1-2-3-4-7-10-13-11-12(14)8-5-6-9-12/h1,13-14H,3-11H2. The van der Waals surface area contributed by atoms with Crippen LogP contribution in [0.25, 0.3) is 0 Å². The van der Waals surface area contributed by atoms with Crippen molar-refractivity contribution in [3.8, 4) is 12.3 Å². The molecule has 0 saturated heterocycles. The van der Waals surface area contributed by atoms with E-state index in [9.17, 15) is 5.11 Å². The van der Waals surface area contributed by atoms with Gasteiger partial charge in [0.05, 0.1) is 5.60 Å². The highest BCUT2D eigenvalue weighted by Crippen LogP contribution is 2.28. The van der Waals surface area contributed by atoms with Crippen LogP contribution in [0.5, 0.6) is 0 Å². The highest BCUT2D eigenvalue weighted by Gasteiger charge is 2.30. The fourth-order valence-corrected chi connectivity index (χ4v) is 2.01. The molecule has 0 amide bonds. The van der Waals surface area contributed by atoms with Crippen LogP contribution < -0.4 is 5.32 Å². The smallest absolute Gasteiger partial charge is 0.0771 e. The van der Waals surface area contributed by atoms with E-state index in [1.165, 1.54) is 12.8 Å². The van der Waals surface area contributed by atoms with Crippen molar-refractivity contribution < 1.29 is 5.11 Å². The highest BCUT2D eigenvalue weighted by atomic mass is 16.3. The zero-order valence-electron chi connectivity index (χ0n) is 8.89. The van der Waals surface area contributed by atoms with Crippen LogP contribution in [-0.4, -0.2) is 23.8 Å². The van der Waals surface area contributed by atoms with Crippen molar-refractivity contribution in [1.82, 2.24) is 5.32 Å². The summed E-state index contributed by atoms with van der Waals surface area (Å²) in [4.78, 5) is 0. The van der Waals surface area contributed by atoms with E-state index in [0.717, 1.165) is 45.2 Å². The van der Waals surface area contributed by atoms with Crippen molar-refractivity contribution in [3.63, 3.8) is 0 Å². The van der Waals surface area contributed by atoms with Crippen LogP contribution in [0.1, 0.15) is 44.9 Å². The molecule has 1 saturated carbocycles. The highest BCUT2D eigenvalue weighted by molar-refractivity contribution is 4.86. The number of unbranched alkanes of at least 4 members (excludes halogenated alkanes) is 2. The van der Waals surface area contributed by atoms with Gasteiger partial charge in [-0.25, -0.2) is 0 Å². The van der Waals surface area contributed by atoms with Crippen LogP contribution in [0.2, 0.25) is 0 Å². The van der Waals surface area contributed by atoms with E-state index in [1.54, 1.807) is 0 Å². The van der Waals surface area contributed by atoms with Crippen molar-refractivity contribution in [1.29, 1.82) is 0 Å². The predicted octanol–water partition coefficient (Wildman–Crippen LogP) is 1.68. The predicted molar refractivity (Wildman–Crippen MR) is 59.0 cm³/mol. The Bertz CT molecular complexity index is 189. The molecule has 0 aliphatic heterocycles. The molecule has 0 aromatic carbocycles. The van der Waals surface area contributed by atoms with Gasteiger partial charge in [0.2, 0.25) is 0 Å². The lowest BCUT2D eigenvalue weighted by molar-refractivity contribution is 0.0479. The van der Waals surface area contributed by atoms with E-state index < -0.39 is 5.60 Å². The van der Waals surface area contributed by atoms with Gasteiger partial charge in [0.15, 0.2) is 0 Å². The molecule has 14 heavy (non-hydrogen) atoms. The summed E-state index contributed by atoms with van der Waals surface area (Å²) >= 11 is 0. The molecule has 0 radical (unpaired) electrons. The molecule has 1 fully saturated rings. The molecule has 1 rings (SSSR count). The molecule has 2 heteroatoms. The second-order valence-corrected chi connectivity index (χ2v) is 4.27. The zero-order chi connectivity index (χ0) is 10.3. The average Bonchev–Trinajstić information content (AvgIpc) is 2.59. The lowest BCUT2D eigenvalue weighted by atomic mass is 10.0. The maximum atomic E-state index is 10.00. The maximum Gasteiger partial charge on any atom is 0.0771 e. The molecule has 0 spiro atoms. The van der Waals surface area contributed by atoms with Crippen LogP contribution in [0.15, 0.2) is 0 Å². The third-order valence-electron chi connectivity index (χ3n) is 2.91. The SMILES string of the molecule is C#CCCCCNCC1(O)CCCC1. The van der Waals surface area contributed by atoms with Crippen LogP contribution in [0.4, 0.5) is 0 Å². The summed E-state index contributed by atoms with van der Waals surface area (Å²) in [5.74, 6) is 2.63. The maximum absolute atomic E-state index is 10.00. The molecular formula is C12H21NO. The molecule has 2 N–H and O–H groups in total. The summed E-state index contributed by atoms with van der Waals surface area (Å²) in [7, 11) is 0. The molecule has 0 heterocycles. The Morgan fingerprint density at radius 1 is 1.29 bits per heavy atom. The third kappa shape index (κ3) is 4.13. The summed E-state index contributed by atoms with van der Waals surface area (Å²) in [6, 6.07) is 0. The Morgan fingerprint density at radius 3 is 2.64 bits per heavy atom. The van der Waals surface area contributed by atoms with Crippen molar-refractivity contribution in [2.75, 3.05) is 13.1 Å². The van der Waals surface area contributed by atoms with Gasteiger partial charge < -0.3 is 10.4 Å². The van der Waals surface area contributed by atoms with Gasteiger partial charge >= 0.3 is 0 Å². The molecule has 2 nitrogen and oxygen atoms in total. The quantitative estimate of drug-likeness (QED) is 0.499. The first-order valence-corrected chi connectivity index (χ1v) is 5.63. The zero-order valence-corrected chi connectivity index (χ0v) is 8.89. The van der Waals surface area contributed by atoms with Gasteiger partial charge in [-0.05, 0) is 32.2 Å². The van der Waals surface area contributed by atoms with Gasteiger partial charge in [-0.15, -0.1) is 12.3 Å². The Balaban J connectivity index is 1.96. The van der Waals surface area contributed by atoms with Crippen LogP contribution in [-0.2, 0) is 0 Å². The molecule has 80 valence electrons. The van der Waals surface area contributed by atoms with Gasteiger partial charge in [0, 0.05) is 13.0 Å². The van der Waals surface area contributed by atoms with E-state index in [0.29, 0.717) is 0 Å². The Kier molecular flexibility index (Phi) is 5.00. The largest absolute Gasteiger partial charge is 0.389 e. The molecular weight excluding hydrogens is 174 g/mol. The summed E-state index contributed by atoms with van der Waals surface area (Å²) in [5.41, 5.74) is -0.411. The fourth-order valence-electron chi connectivity index (χ4n) is 2.01. The number of nitrogens with one attached hydrogen (secondary N) is 1. The van der Waals surface area contributed by atoms with Crippen LogP contribution >= 0.6 is 0 Å². The topological polar surface area (TPSA) is 32.3 Å². The molecule has 0 aromatic rings. The first-order chi connectivity index (χ1) is 6.77. The van der Waals surface area contributed by atoms with Crippen molar-refractivity contribution in [2.24, 2.45) is 0 Å². The first-order valence-electron chi connectivity index (χ1n) is 5.63. The van der Waals surface area contributed by atoms with E-state index in [4.69, 9.17) is 6.42 Å². The third-order valence-corrected chi connectivity index (χ3v) is 2.91. The second-order valence-electron chi connectivity index (χ2n) is 4.27. The summed E-state index contributed by atoms with van der Waals surface area (Å²) < 4.78 is 0. The minimum atomic E-state index is -0.411. The average molecular weight is 195 g/mol. The van der Waals surface area contributed by atoms with E-state index in [1.807, 2.05) is 0 Å². The summed E-state index contributed by atoms with van der Waals surface area (Å²) in [6.45, 7) is 1.73. The number of hydrogen-bond acceptors (Lipinski definition) is 2. The number of rotatable bonds is 6. The van der Waals surface area contributed by atoms with E-state index in [-0.39, 0.29) is 0 Å². The molecule has 0 atom stereocenters. The van der Waals surface area contributed by atoms with Crippen molar-refractivity contribution in [2.45, 2.75) is 50.5 Å². The normalized spacial score (nSPS) is 19.4. The monoisotopic (exact) mass is 195 g/mol. The fraction of sp³-hybridized carbons (Fsp3) is 0.833. The van der Waals surface area contributed by atoms with E-state index in [2.05, 4.69) is 11.2 Å². The van der Waals surface area contributed by atoms with Crippen LogP contribution in [0, 0.1) is 12.3 Å².